The van der Waals surface area contributed by atoms with Crippen LogP contribution in [0.3, 0.4) is 0 Å². The maximum absolute atomic E-state index is 12.7. The molecule has 1 N–H and O–H groups in total. The minimum absolute atomic E-state index is 0.0759. The smallest absolute Gasteiger partial charge is 0.254 e. The van der Waals surface area contributed by atoms with Gasteiger partial charge in [-0.3, -0.25) is 4.79 Å². The van der Waals surface area contributed by atoms with Crippen LogP contribution < -0.4 is 0 Å². The molecule has 1 aromatic heterocycles. The van der Waals surface area contributed by atoms with E-state index in [1.807, 2.05) is 20.0 Å². The number of amides is 1. The van der Waals surface area contributed by atoms with Crippen LogP contribution in [-0.2, 0) is 6.54 Å². The Hall–Kier alpha value is -2.10. The third-order valence-electron chi connectivity index (χ3n) is 3.74. The van der Waals surface area contributed by atoms with Gasteiger partial charge in [-0.2, -0.15) is 0 Å². The zero-order chi connectivity index (χ0) is 14.1. The van der Waals surface area contributed by atoms with E-state index >= 15 is 0 Å². The highest BCUT2D eigenvalue weighted by Gasteiger charge is 2.29. The Kier molecular flexibility index (Phi) is 3.30. The molecule has 2 aromatic rings. The van der Waals surface area contributed by atoms with Gasteiger partial charge in [0, 0.05) is 25.0 Å². The predicted octanol–water partition coefficient (Wildman–Crippen LogP) is 2.87. The number of H-pyrrole nitrogens is 1. The number of hydrogen-bond acceptors (Lipinski definition) is 2. The molecule has 4 heteroatoms. The molecule has 0 atom stereocenters. The molecule has 1 fully saturated rings. The maximum atomic E-state index is 12.7. The fraction of sp³-hybridized carbons (Fsp3) is 0.375. The van der Waals surface area contributed by atoms with Crippen LogP contribution in [0.1, 0.15) is 46.1 Å². The first kappa shape index (κ1) is 12.9. The van der Waals surface area contributed by atoms with Crippen LogP contribution in [0.15, 0.2) is 30.6 Å². The lowest BCUT2D eigenvalue weighted by Crippen LogP contribution is -2.27. The van der Waals surface area contributed by atoms with Crippen molar-refractivity contribution in [2.24, 2.45) is 0 Å². The van der Waals surface area contributed by atoms with Gasteiger partial charge in [-0.25, -0.2) is 4.98 Å². The second-order valence-corrected chi connectivity index (χ2v) is 5.56. The number of rotatable bonds is 4. The molecule has 1 saturated carbocycles. The molecule has 0 aliphatic heterocycles. The highest BCUT2D eigenvalue weighted by atomic mass is 16.2. The topological polar surface area (TPSA) is 49.0 Å². The number of nitrogens with one attached hydrogen (secondary N) is 1. The first-order chi connectivity index (χ1) is 9.65. The fourth-order valence-electron chi connectivity index (χ4n) is 2.49. The molecule has 0 radical (unpaired) electrons. The molecule has 1 heterocycles. The summed E-state index contributed by atoms with van der Waals surface area (Å²) in [6.45, 7) is 2.53. The van der Waals surface area contributed by atoms with Crippen LogP contribution in [0.4, 0.5) is 0 Å². The Labute approximate surface area is 118 Å². The van der Waals surface area contributed by atoms with Gasteiger partial charge in [0.15, 0.2) is 0 Å². The number of hydrogen-bond donors (Lipinski definition) is 1. The molecule has 1 aliphatic carbocycles. The molecule has 0 spiro atoms. The van der Waals surface area contributed by atoms with Gasteiger partial charge in [-0.1, -0.05) is 17.7 Å². The lowest BCUT2D eigenvalue weighted by atomic mass is 10.00. The lowest BCUT2D eigenvalue weighted by molar-refractivity contribution is 0.0780. The summed E-state index contributed by atoms with van der Waals surface area (Å²) >= 11 is 0. The molecule has 104 valence electrons. The second-order valence-electron chi connectivity index (χ2n) is 5.56. The van der Waals surface area contributed by atoms with Gasteiger partial charge < -0.3 is 9.88 Å². The summed E-state index contributed by atoms with van der Waals surface area (Å²) < 4.78 is 0. The molecular weight excluding hydrogens is 250 g/mol. The van der Waals surface area contributed by atoms with Crippen molar-refractivity contribution in [2.75, 3.05) is 7.05 Å². The van der Waals surface area contributed by atoms with Gasteiger partial charge in [-0.15, -0.1) is 0 Å². The number of aromatic nitrogens is 2. The summed E-state index contributed by atoms with van der Waals surface area (Å²) in [5.74, 6) is 1.46. The van der Waals surface area contributed by atoms with Crippen molar-refractivity contribution < 1.29 is 4.79 Å². The zero-order valence-corrected chi connectivity index (χ0v) is 11.9. The van der Waals surface area contributed by atoms with E-state index < -0.39 is 0 Å². The number of carbonyl (C=O) groups excluding carboxylic acids is 1. The quantitative estimate of drug-likeness (QED) is 0.927. The number of aromatic amines is 1. The average molecular weight is 269 g/mol. The molecule has 0 bridgehead atoms. The third-order valence-corrected chi connectivity index (χ3v) is 3.74. The Balaban J connectivity index is 1.84. The first-order valence-electron chi connectivity index (χ1n) is 6.99. The number of benzene rings is 1. The van der Waals surface area contributed by atoms with E-state index in [1.165, 1.54) is 18.4 Å². The molecule has 1 aromatic carbocycles. The molecule has 0 unspecified atom stereocenters. The maximum Gasteiger partial charge on any atom is 0.254 e. The lowest BCUT2D eigenvalue weighted by Gasteiger charge is -2.18. The third kappa shape index (κ3) is 2.59. The van der Waals surface area contributed by atoms with E-state index in [0.29, 0.717) is 12.5 Å². The van der Waals surface area contributed by atoms with Crippen LogP contribution in [0, 0.1) is 6.92 Å². The predicted molar refractivity (Wildman–Crippen MR) is 77.5 cm³/mol. The number of aryl methyl sites for hydroxylation is 1. The monoisotopic (exact) mass is 269 g/mol. The summed E-state index contributed by atoms with van der Waals surface area (Å²) in [5, 5.41) is 0. The van der Waals surface area contributed by atoms with Crippen molar-refractivity contribution in [1.29, 1.82) is 0 Å². The molecule has 1 amide bonds. The van der Waals surface area contributed by atoms with Crippen LogP contribution in [0.2, 0.25) is 0 Å². The van der Waals surface area contributed by atoms with E-state index in [1.54, 1.807) is 17.3 Å². The van der Waals surface area contributed by atoms with E-state index in [-0.39, 0.29) is 5.91 Å². The number of imidazole rings is 1. The van der Waals surface area contributed by atoms with E-state index in [4.69, 9.17) is 0 Å². The summed E-state index contributed by atoms with van der Waals surface area (Å²) in [6, 6.07) is 6.21. The van der Waals surface area contributed by atoms with Crippen molar-refractivity contribution in [3.63, 3.8) is 0 Å². The highest BCUT2D eigenvalue weighted by Crippen LogP contribution is 2.42. The van der Waals surface area contributed by atoms with Crippen LogP contribution in [-0.4, -0.2) is 27.8 Å². The van der Waals surface area contributed by atoms with E-state index in [0.717, 1.165) is 17.0 Å². The van der Waals surface area contributed by atoms with Gasteiger partial charge in [0.2, 0.25) is 0 Å². The van der Waals surface area contributed by atoms with Gasteiger partial charge in [-0.05, 0) is 37.3 Å². The standard InChI is InChI=1S/C16H19N3O/c1-11-3-6-13(12-4-5-12)14(9-11)16(20)19(2)10-15-17-7-8-18-15/h3,6-9,12H,4-5,10H2,1-2H3,(H,17,18). The zero-order valence-electron chi connectivity index (χ0n) is 11.9. The van der Waals surface area contributed by atoms with Crippen LogP contribution >= 0.6 is 0 Å². The summed E-state index contributed by atoms with van der Waals surface area (Å²) in [7, 11) is 1.82. The summed E-state index contributed by atoms with van der Waals surface area (Å²) in [4.78, 5) is 21.6. The van der Waals surface area contributed by atoms with Gasteiger partial charge >= 0.3 is 0 Å². The SMILES string of the molecule is Cc1ccc(C2CC2)c(C(=O)N(C)Cc2ncc[nH]2)c1. The molecule has 20 heavy (non-hydrogen) atoms. The Bertz CT molecular complexity index is 615. The van der Waals surface area contributed by atoms with Crippen LogP contribution in [0.5, 0.6) is 0 Å². The van der Waals surface area contributed by atoms with Gasteiger partial charge in [0.25, 0.3) is 5.91 Å². The van der Waals surface area contributed by atoms with E-state index in [2.05, 4.69) is 22.1 Å². The van der Waals surface area contributed by atoms with Crippen molar-refractivity contribution in [2.45, 2.75) is 32.2 Å². The van der Waals surface area contributed by atoms with Crippen molar-refractivity contribution >= 4 is 5.91 Å². The second kappa shape index (κ2) is 5.12. The van der Waals surface area contributed by atoms with E-state index in [9.17, 15) is 4.79 Å². The van der Waals surface area contributed by atoms with Crippen molar-refractivity contribution in [3.05, 3.63) is 53.1 Å². The van der Waals surface area contributed by atoms with Crippen molar-refractivity contribution in [3.8, 4) is 0 Å². The highest BCUT2D eigenvalue weighted by molar-refractivity contribution is 5.96. The van der Waals surface area contributed by atoms with Gasteiger partial charge in [0.1, 0.15) is 5.82 Å². The minimum Gasteiger partial charge on any atom is -0.347 e. The number of nitrogens with zero attached hydrogens (tertiary/aromatic N) is 2. The largest absolute Gasteiger partial charge is 0.347 e. The molecule has 0 saturated heterocycles. The number of carbonyl (C=O) groups is 1. The minimum atomic E-state index is 0.0759. The molecule has 1 aliphatic rings. The van der Waals surface area contributed by atoms with Crippen LogP contribution in [0.25, 0.3) is 0 Å². The Morgan fingerprint density at radius 3 is 2.90 bits per heavy atom. The molecular formula is C16H19N3O. The van der Waals surface area contributed by atoms with Gasteiger partial charge in [0.05, 0.1) is 6.54 Å². The first-order valence-corrected chi connectivity index (χ1v) is 6.99. The summed E-state index contributed by atoms with van der Waals surface area (Å²) in [5.41, 5.74) is 3.18. The normalized spacial score (nSPS) is 14.3. The Morgan fingerprint density at radius 2 is 2.25 bits per heavy atom. The molecule has 3 rings (SSSR count). The van der Waals surface area contributed by atoms with Crippen molar-refractivity contribution in [1.82, 2.24) is 14.9 Å². The summed E-state index contributed by atoms with van der Waals surface area (Å²) in [6.07, 6.45) is 5.88. The average Bonchev–Trinajstić information content (AvgIpc) is 3.15. The molecule has 4 nitrogen and oxygen atoms in total. The fourth-order valence-corrected chi connectivity index (χ4v) is 2.49. The Morgan fingerprint density at radius 1 is 1.45 bits per heavy atom.